The van der Waals surface area contributed by atoms with Gasteiger partial charge in [0.25, 0.3) is 5.69 Å². The van der Waals surface area contributed by atoms with E-state index in [1.165, 1.54) is 17.3 Å². The van der Waals surface area contributed by atoms with Crippen LogP contribution < -0.4 is 4.90 Å². The van der Waals surface area contributed by atoms with Crippen LogP contribution in [0.25, 0.3) is 0 Å². The average molecular weight is 380 g/mol. The van der Waals surface area contributed by atoms with Crippen LogP contribution in [-0.4, -0.2) is 23.2 Å². The molecule has 0 radical (unpaired) electrons. The SMILES string of the molecule is CCN1c2cc(C)c(C=Nc3ccc(C)c([N+](=O)[O-])c3)cc2C(C)CC1(C)C. The van der Waals surface area contributed by atoms with Crippen LogP contribution in [0, 0.1) is 24.0 Å². The van der Waals surface area contributed by atoms with Crippen LogP contribution in [0.2, 0.25) is 0 Å². The van der Waals surface area contributed by atoms with Gasteiger partial charge in [-0.2, -0.15) is 0 Å². The van der Waals surface area contributed by atoms with Crippen molar-refractivity contribution in [3.05, 3.63) is 62.7 Å². The van der Waals surface area contributed by atoms with Crippen molar-refractivity contribution in [1.82, 2.24) is 0 Å². The molecule has 0 fully saturated rings. The molecule has 5 heteroatoms. The molecule has 1 atom stereocenters. The van der Waals surface area contributed by atoms with E-state index < -0.39 is 0 Å². The normalized spacial score (nSPS) is 18.4. The van der Waals surface area contributed by atoms with E-state index in [0.717, 1.165) is 24.1 Å². The lowest BCUT2D eigenvalue weighted by molar-refractivity contribution is -0.385. The minimum absolute atomic E-state index is 0.103. The van der Waals surface area contributed by atoms with Crippen molar-refractivity contribution in [2.24, 2.45) is 4.99 Å². The molecular formula is C23H29N3O2. The van der Waals surface area contributed by atoms with E-state index in [4.69, 9.17) is 0 Å². The Labute approximate surface area is 167 Å². The quantitative estimate of drug-likeness (QED) is 0.368. The zero-order chi connectivity index (χ0) is 20.6. The van der Waals surface area contributed by atoms with Gasteiger partial charge in [0.15, 0.2) is 0 Å². The van der Waals surface area contributed by atoms with Gasteiger partial charge in [-0.15, -0.1) is 0 Å². The maximum atomic E-state index is 11.2. The number of nitro groups is 1. The lowest BCUT2D eigenvalue weighted by atomic mass is 9.79. The summed E-state index contributed by atoms with van der Waals surface area (Å²) in [5, 5.41) is 11.2. The second-order valence-corrected chi connectivity index (χ2v) is 8.42. The number of rotatable bonds is 4. The average Bonchev–Trinajstić information content (AvgIpc) is 2.60. The largest absolute Gasteiger partial charge is 0.366 e. The zero-order valence-corrected chi connectivity index (χ0v) is 17.6. The molecule has 28 heavy (non-hydrogen) atoms. The van der Waals surface area contributed by atoms with E-state index in [1.54, 1.807) is 13.0 Å². The predicted molar refractivity (Wildman–Crippen MR) is 116 cm³/mol. The van der Waals surface area contributed by atoms with Gasteiger partial charge >= 0.3 is 0 Å². The summed E-state index contributed by atoms with van der Waals surface area (Å²) in [6, 6.07) is 9.59. The molecule has 148 valence electrons. The number of fused-ring (bicyclic) bond motifs is 1. The number of anilines is 1. The molecule has 1 heterocycles. The van der Waals surface area contributed by atoms with Crippen molar-refractivity contribution in [2.75, 3.05) is 11.4 Å². The lowest BCUT2D eigenvalue weighted by Gasteiger charge is -2.47. The van der Waals surface area contributed by atoms with Crippen molar-refractivity contribution in [2.45, 2.75) is 59.4 Å². The molecule has 1 aliphatic rings. The summed E-state index contributed by atoms with van der Waals surface area (Å²) >= 11 is 0. The predicted octanol–water partition coefficient (Wildman–Crippen LogP) is 6.07. The molecule has 0 aromatic heterocycles. The van der Waals surface area contributed by atoms with Crippen LogP contribution in [0.1, 0.15) is 62.3 Å². The minimum Gasteiger partial charge on any atom is -0.366 e. The Balaban J connectivity index is 1.99. The Bertz CT molecular complexity index is 947. The van der Waals surface area contributed by atoms with Gasteiger partial charge in [0.1, 0.15) is 0 Å². The zero-order valence-electron chi connectivity index (χ0n) is 17.6. The fourth-order valence-electron chi connectivity index (χ4n) is 4.41. The molecular weight excluding hydrogens is 350 g/mol. The molecule has 3 rings (SSSR count). The number of nitro benzene ring substituents is 1. The summed E-state index contributed by atoms with van der Waals surface area (Å²) in [5.41, 5.74) is 6.37. The first kappa shape index (κ1) is 20.1. The highest BCUT2D eigenvalue weighted by atomic mass is 16.6. The van der Waals surface area contributed by atoms with Crippen molar-refractivity contribution >= 4 is 23.3 Å². The van der Waals surface area contributed by atoms with Crippen LogP contribution in [0.5, 0.6) is 0 Å². The van der Waals surface area contributed by atoms with Crippen molar-refractivity contribution < 1.29 is 4.92 Å². The first-order valence-corrected chi connectivity index (χ1v) is 9.85. The molecule has 2 aromatic carbocycles. The van der Waals surface area contributed by atoms with Crippen LogP contribution >= 0.6 is 0 Å². The third-order valence-corrected chi connectivity index (χ3v) is 5.83. The molecule has 0 saturated carbocycles. The van der Waals surface area contributed by atoms with E-state index in [0.29, 0.717) is 17.2 Å². The molecule has 0 bridgehead atoms. The van der Waals surface area contributed by atoms with E-state index >= 15 is 0 Å². The van der Waals surface area contributed by atoms with Crippen LogP contribution in [0.4, 0.5) is 17.1 Å². The Morgan fingerprint density at radius 3 is 2.61 bits per heavy atom. The van der Waals surface area contributed by atoms with Crippen LogP contribution in [-0.2, 0) is 0 Å². The summed E-state index contributed by atoms with van der Waals surface area (Å²) in [5.74, 6) is 0.473. The van der Waals surface area contributed by atoms with Gasteiger partial charge in [-0.1, -0.05) is 13.0 Å². The molecule has 0 saturated heterocycles. The highest BCUT2D eigenvalue weighted by Gasteiger charge is 2.35. The molecule has 0 N–H and O–H groups in total. The summed E-state index contributed by atoms with van der Waals surface area (Å²) in [6.45, 7) is 13.9. The van der Waals surface area contributed by atoms with E-state index in [1.807, 2.05) is 12.3 Å². The Morgan fingerprint density at radius 1 is 1.25 bits per heavy atom. The maximum Gasteiger partial charge on any atom is 0.274 e. The van der Waals surface area contributed by atoms with Gasteiger partial charge in [0.2, 0.25) is 0 Å². The number of aliphatic imine (C=N–C) groups is 1. The van der Waals surface area contributed by atoms with Crippen molar-refractivity contribution in [1.29, 1.82) is 0 Å². The van der Waals surface area contributed by atoms with Crippen molar-refractivity contribution in [3.8, 4) is 0 Å². The number of aryl methyl sites for hydroxylation is 2. The first-order valence-electron chi connectivity index (χ1n) is 9.85. The molecule has 0 amide bonds. The smallest absolute Gasteiger partial charge is 0.274 e. The first-order chi connectivity index (χ1) is 13.1. The maximum absolute atomic E-state index is 11.2. The molecule has 5 nitrogen and oxygen atoms in total. The molecule has 1 unspecified atom stereocenters. The second kappa shape index (κ2) is 7.38. The van der Waals surface area contributed by atoms with Gasteiger partial charge in [-0.25, -0.2) is 0 Å². The minimum atomic E-state index is -0.360. The summed E-state index contributed by atoms with van der Waals surface area (Å²) in [6.07, 6.45) is 2.93. The van der Waals surface area contributed by atoms with Crippen LogP contribution in [0.15, 0.2) is 35.3 Å². The number of hydrogen-bond acceptors (Lipinski definition) is 4. The van der Waals surface area contributed by atoms with Gasteiger partial charge < -0.3 is 4.90 Å². The van der Waals surface area contributed by atoms with Gasteiger partial charge in [-0.3, -0.25) is 15.1 Å². The van der Waals surface area contributed by atoms with E-state index in [-0.39, 0.29) is 16.1 Å². The lowest BCUT2D eigenvalue weighted by Crippen LogP contribution is -2.48. The number of benzene rings is 2. The number of hydrogen-bond donors (Lipinski definition) is 0. The third-order valence-electron chi connectivity index (χ3n) is 5.83. The standard InChI is InChI=1S/C23H29N3O2/c1-7-25-22-10-16(3)18(11-20(22)17(4)13-23(25,5)6)14-24-19-9-8-15(2)21(12-19)26(27)28/h8-12,14,17H,7,13H2,1-6H3. The molecule has 1 aliphatic heterocycles. The van der Waals surface area contributed by atoms with Crippen molar-refractivity contribution in [3.63, 3.8) is 0 Å². The van der Waals surface area contributed by atoms with Gasteiger partial charge in [-0.05, 0) is 81.8 Å². The highest BCUT2D eigenvalue weighted by Crippen LogP contribution is 2.44. The van der Waals surface area contributed by atoms with Gasteiger partial charge in [0, 0.05) is 35.6 Å². The fourth-order valence-corrected chi connectivity index (χ4v) is 4.41. The topological polar surface area (TPSA) is 58.7 Å². The third kappa shape index (κ3) is 3.66. The molecule has 2 aromatic rings. The summed E-state index contributed by atoms with van der Waals surface area (Å²) in [4.78, 5) is 17.8. The van der Waals surface area contributed by atoms with Gasteiger partial charge in [0.05, 0.1) is 10.6 Å². The molecule has 0 spiro atoms. The Morgan fingerprint density at radius 2 is 1.96 bits per heavy atom. The van der Waals surface area contributed by atoms with E-state index in [2.05, 4.69) is 56.6 Å². The highest BCUT2D eigenvalue weighted by molar-refractivity contribution is 5.86. The molecule has 0 aliphatic carbocycles. The van der Waals surface area contributed by atoms with E-state index in [9.17, 15) is 10.1 Å². The Hall–Kier alpha value is -2.69. The summed E-state index contributed by atoms with van der Waals surface area (Å²) < 4.78 is 0. The monoisotopic (exact) mass is 379 g/mol. The van der Waals surface area contributed by atoms with Crippen LogP contribution in [0.3, 0.4) is 0 Å². The Kier molecular flexibility index (Phi) is 5.28. The number of nitrogens with zero attached hydrogens (tertiary/aromatic N) is 3. The second-order valence-electron chi connectivity index (χ2n) is 8.42. The summed E-state index contributed by atoms with van der Waals surface area (Å²) in [7, 11) is 0. The fraction of sp³-hybridized carbons (Fsp3) is 0.435.